The van der Waals surface area contributed by atoms with Crippen LogP contribution in [-0.2, 0) is 22.4 Å². The Bertz CT molecular complexity index is 1010. The van der Waals surface area contributed by atoms with Gasteiger partial charge in [0.25, 0.3) is 0 Å². The van der Waals surface area contributed by atoms with Gasteiger partial charge in [0.1, 0.15) is 11.5 Å². The summed E-state index contributed by atoms with van der Waals surface area (Å²) in [6.45, 7) is 1.57. The second-order valence-corrected chi connectivity index (χ2v) is 7.97. The van der Waals surface area contributed by atoms with Crippen LogP contribution in [0.1, 0.15) is 30.9 Å². The highest BCUT2D eigenvalue weighted by Crippen LogP contribution is 2.23. The second kappa shape index (κ2) is 10.8. The molecular formula is C26H25ClO4. The predicted octanol–water partition coefficient (Wildman–Crippen LogP) is 5.99. The first-order chi connectivity index (χ1) is 14.9. The molecule has 0 bridgehead atoms. The van der Waals surface area contributed by atoms with Crippen molar-refractivity contribution in [3.8, 4) is 16.9 Å². The van der Waals surface area contributed by atoms with E-state index in [2.05, 4.69) is 0 Å². The maximum Gasteiger partial charge on any atom is 0.344 e. The van der Waals surface area contributed by atoms with Gasteiger partial charge in [0.15, 0.2) is 6.10 Å². The zero-order valence-electron chi connectivity index (χ0n) is 17.4. The van der Waals surface area contributed by atoms with E-state index in [9.17, 15) is 14.7 Å². The minimum Gasteiger partial charge on any atom is -0.479 e. The molecule has 0 aliphatic rings. The molecule has 160 valence electrons. The fourth-order valence-electron chi connectivity index (χ4n) is 3.26. The van der Waals surface area contributed by atoms with E-state index >= 15 is 0 Å². The zero-order valence-corrected chi connectivity index (χ0v) is 18.1. The summed E-state index contributed by atoms with van der Waals surface area (Å²) in [4.78, 5) is 22.8. The number of aliphatic carboxylic acids is 1. The summed E-state index contributed by atoms with van der Waals surface area (Å²) in [5, 5.41) is 10.3. The summed E-state index contributed by atoms with van der Waals surface area (Å²) in [6, 6.07) is 23.0. The summed E-state index contributed by atoms with van der Waals surface area (Å²) >= 11 is 5.94. The van der Waals surface area contributed by atoms with Crippen molar-refractivity contribution in [2.45, 2.75) is 38.7 Å². The first-order valence-electron chi connectivity index (χ1n) is 10.2. The molecule has 0 heterocycles. The summed E-state index contributed by atoms with van der Waals surface area (Å²) in [7, 11) is 0. The van der Waals surface area contributed by atoms with E-state index in [1.54, 1.807) is 19.1 Å². The topological polar surface area (TPSA) is 63.6 Å². The zero-order chi connectivity index (χ0) is 22.2. The summed E-state index contributed by atoms with van der Waals surface area (Å²) in [5.41, 5.74) is 4.23. The molecule has 0 aliphatic carbocycles. The average Bonchev–Trinajstić information content (AvgIpc) is 2.77. The van der Waals surface area contributed by atoms with Crippen LogP contribution in [0.2, 0.25) is 5.02 Å². The van der Waals surface area contributed by atoms with E-state index in [1.807, 2.05) is 60.7 Å². The molecule has 31 heavy (non-hydrogen) atoms. The highest BCUT2D eigenvalue weighted by Gasteiger charge is 2.19. The lowest BCUT2D eigenvalue weighted by Gasteiger charge is -2.15. The molecule has 0 saturated carbocycles. The maximum absolute atomic E-state index is 11.7. The Kier molecular flexibility index (Phi) is 7.85. The van der Waals surface area contributed by atoms with Gasteiger partial charge in [0.2, 0.25) is 0 Å². The Morgan fingerprint density at radius 3 is 1.90 bits per heavy atom. The number of Topliss-reactive ketones (excluding diaryl/α,β-unsaturated/α-hetero) is 1. The minimum atomic E-state index is -0.988. The number of aryl methyl sites for hydroxylation is 2. The lowest BCUT2D eigenvalue weighted by Crippen LogP contribution is -2.27. The molecule has 0 radical (unpaired) electrons. The number of halogens is 1. The molecule has 0 saturated heterocycles. The lowest BCUT2D eigenvalue weighted by molar-refractivity contribution is -0.145. The van der Waals surface area contributed by atoms with Gasteiger partial charge in [0.05, 0.1) is 0 Å². The number of carbonyl (C=O) groups is 2. The molecule has 0 amide bonds. The standard InChI is InChI=1S/C26H25ClO4/c1-18(28)2-3-19-6-15-24(16-7-19)31-25(26(29)30)17-8-20-4-9-21(10-5-20)22-11-13-23(27)14-12-22/h4-7,9-16,25H,2-3,8,17H2,1H3,(H,29,30). The van der Waals surface area contributed by atoms with Gasteiger partial charge >= 0.3 is 5.97 Å². The van der Waals surface area contributed by atoms with E-state index in [4.69, 9.17) is 16.3 Å². The van der Waals surface area contributed by atoms with Crippen LogP contribution in [-0.4, -0.2) is 23.0 Å². The van der Waals surface area contributed by atoms with Crippen LogP contribution in [0.25, 0.3) is 11.1 Å². The minimum absolute atomic E-state index is 0.146. The van der Waals surface area contributed by atoms with E-state index in [0.29, 0.717) is 36.5 Å². The SMILES string of the molecule is CC(=O)CCc1ccc(OC(CCc2ccc(-c3ccc(Cl)cc3)cc2)C(=O)O)cc1. The van der Waals surface area contributed by atoms with Gasteiger partial charge in [-0.15, -0.1) is 0 Å². The van der Waals surface area contributed by atoms with Crippen molar-refractivity contribution < 1.29 is 19.4 Å². The Hall–Kier alpha value is -3.11. The Balaban J connectivity index is 1.57. The first-order valence-corrected chi connectivity index (χ1v) is 10.6. The van der Waals surface area contributed by atoms with Crippen LogP contribution >= 0.6 is 11.6 Å². The van der Waals surface area contributed by atoms with Gasteiger partial charge in [-0.25, -0.2) is 4.79 Å². The molecule has 0 aromatic heterocycles. The second-order valence-electron chi connectivity index (χ2n) is 7.53. The number of ketones is 1. The molecule has 3 aromatic carbocycles. The van der Waals surface area contributed by atoms with Crippen LogP contribution in [0.5, 0.6) is 5.75 Å². The fourth-order valence-corrected chi connectivity index (χ4v) is 3.38. The van der Waals surface area contributed by atoms with E-state index in [0.717, 1.165) is 22.3 Å². The normalized spacial score (nSPS) is 11.7. The monoisotopic (exact) mass is 436 g/mol. The molecule has 1 N–H and O–H groups in total. The average molecular weight is 437 g/mol. The number of carboxylic acid groups (broad SMARTS) is 1. The lowest BCUT2D eigenvalue weighted by atomic mass is 10.0. The number of carboxylic acids is 1. The highest BCUT2D eigenvalue weighted by atomic mass is 35.5. The number of ether oxygens (including phenoxy) is 1. The molecule has 0 aliphatic heterocycles. The molecule has 3 aromatic rings. The predicted molar refractivity (Wildman–Crippen MR) is 123 cm³/mol. The molecule has 4 nitrogen and oxygen atoms in total. The molecule has 1 unspecified atom stereocenters. The van der Waals surface area contributed by atoms with Gasteiger partial charge in [-0.3, -0.25) is 0 Å². The summed E-state index contributed by atoms with van der Waals surface area (Å²) in [5.74, 6) is -0.331. The van der Waals surface area contributed by atoms with Crippen molar-refractivity contribution in [3.05, 3.63) is 88.9 Å². The Morgan fingerprint density at radius 2 is 1.35 bits per heavy atom. The molecule has 5 heteroatoms. The fraction of sp³-hybridized carbons (Fsp3) is 0.231. The van der Waals surface area contributed by atoms with E-state index < -0.39 is 12.1 Å². The van der Waals surface area contributed by atoms with Crippen molar-refractivity contribution in [2.75, 3.05) is 0 Å². The number of carbonyl (C=O) groups excluding carboxylic acids is 1. The van der Waals surface area contributed by atoms with Crippen molar-refractivity contribution in [2.24, 2.45) is 0 Å². The van der Waals surface area contributed by atoms with Gasteiger partial charge in [-0.1, -0.05) is 60.1 Å². The van der Waals surface area contributed by atoms with Crippen molar-refractivity contribution in [1.82, 2.24) is 0 Å². The van der Waals surface area contributed by atoms with Crippen LogP contribution in [0.4, 0.5) is 0 Å². The maximum atomic E-state index is 11.7. The third-order valence-corrected chi connectivity index (χ3v) is 5.32. The van der Waals surface area contributed by atoms with E-state index in [1.165, 1.54) is 0 Å². The van der Waals surface area contributed by atoms with Crippen molar-refractivity contribution in [3.63, 3.8) is 0 Å². The summed E-state index contributed by atoms with van der Waals surface area (Å²) < 4.78 is 5.70. The molecule has 3 rings (SSSR count). The summed E-state index contributed by atoms with van der Waals surface area (Å²) in [6.07, 6.45) is 1.19. The molecule has 0 spiro atoms. The van der Waals surface area contributed by atoms with Gasteiger partial charge in [-0.05, 0) is 72.7 Å². The number of hydrogen-bond donors (Lipinski definition) is 1. The van der Waals surface area contributed by atoms with Crippen LogP contribution in [0.15, 0.2) is 72.8 Å². The van der Waals surface area contributed by atoms with Gasteiger partial charge in [-0.2, -0.15) is 0 Å². The highest BCUT2D eigenvalue weighted by molar-refractivity contribution is 6.30. The third-order valence-electron chi connectivity index (χ3n) is 5.07. The smallest absolute Gasteiger partial charge is 0.344 e. The number of benzene rings is 3. The van der Waals surface area contributed by atoms with E-state index in [-0.39, 0.29) is 5.78 Å². The molecular weight excluding hydrogens is 412 g/mol. The van der Waals surface area contributed by atoms with Crippen LogP contribution in [0, 0.1) is 0 Å². The largest absolute Gasteiger partial charge is 0.479 e. The number of rotatable bonds is 10. The first kappa shape index (κ1) is 22.6. The van der Waals surface area contributed by atoms with Crippen LogP contribution in [0.3, 0.4) is 0 Å². The van der Waals surface area contributed by atoms with Crippen LogP contribution < -0.4 is 4.74 Å². The van der Waals surface area contributed by atoms with Crippen molar-refractivity contribution in [1.29, 1.82) is 0 Å². The molecule has 1 atom stereocenters. The van der Waals surface area contributed by atoms with Gasteiger partial charge in [0, 0.05) is 11.4 Å². The Morgan fingerprint density at radius 1 is 0.839 bits per heavy atom. The Labute approximate surface area is 187 Å². The number of hydrogen-bond acceptors (Lipinski definition) is 3. The quantitative estimate of drug-likeness (QED) is 0.423. The third kappa shape index (κ3) is 6.97. The van der Waals surface area contributed by atoms with Crippen molar-refractivity contribution >= 4 is 23.4 Å². The van der Waals surface area contributed by atoms with Gasteiger partial charge < -0.3 is 14.6 Å². The molecule has 0 fully saturated rings.